The number of carbonyl (C=O) groups excluding carboxylic acids is 1. The van der Waals surface area contributed by atoms with Crippen LogP contribution in [0.5, 0.6) is 0 Å². The van der Waals surface area contributed by atoms with Gasteiger partial charge in [-0.25, -0.2) is 0 Å². The second kappa shape index (κ2) is 8.55. The normalized spacial score (nSPS) is 10.9. The Bertz CT molecular complexity index is 215. The summed E-state index contributed by atoms with van der Waals surface area (Å²) in [5.74, 6) is 0. The molecule has 0 aromatic carbocycles. The molecule has 0 N–H and O–H groups in total. The summed E-state index contributed by atoms with van der Waals surface area (Å²) in [4.78, 5) is 16.9. The van der Waals surface area contributed by atoms with E-state index in [2.05, 4.69) is 14.4 Å². The summed E-state index contributed by atoms with van der Waals surface area (Å²) in [6.07, 6.45) is 2.62. The number of ether oxygens (including phenoxy) is 1. The molecule has 0 aliphatic carbocycles. The first-order valence-corrected chi connectivity index (χ1v) is 4.17. The van der Waals surface area contributed by atoms with Crippen LogP contribution in [0.25, 0.3) is 9.69 Å². The second-order valence-electron chi connectivity index (χ2n) is 2.63. The van der Waals surface area contributed by atoms with E-state index in [1.807, 2.05) is 0 Å². The maximum absolute atomic E-state index is 9.87. The first-order chi connectivity index (χ1) is 6.35. The molecule has 4 nitrogen and oxygen atoms in total. The van der Waals surface area contributed by atoms with Crippen molar-refractivity contribution < 1.29 is 9.53 Å². The predicted octanol–water partition coefficient (Wildman–Crippen LogP) is 1.62. The Kier molecular flexibility index (Phi) is 7.53. The third kappa shape index (κ3) is 6.83. The highest BCUT2D eigenvalue weighted by molar-refractivity contribution is 5.37. The fraction of sp³-hybridized carbons (Fsp3) is 0.667. The van der Waals surface area contributed by atoms with E-state index in [9.17, 15) is 4.79 Å². The lowest BCUT2D eigenvalue weighted by Crippen LogP contribution is -2.11. The molecule has 0 fully saturated rings. The standard InChI is InChI=1S/C9H14N2O2/c1-10-6-4-3-5-9(11-2)7-13-8-12/h1-2,8-9H,3-7H2/q+2. The first kappa shape index (κ1) is 11.4. The van der Waals surface area contributed by atoms with Crippen LogP contribution in [-0.4, -0.2) is 25.7 Å². The molecule has 4 heteroatoms. The van der Waals surface area contributed by atoms with Gasteiger partial charge in [0.1, 0.15) is 0 Å². The Hall–Kier alpha value is -1.55. The van der Waals surface area contributed by atoms with Crippen molar-refractivity contribution in [3.05, 3.63) is 9.69 Å². The van der Waals surface area contributed by atoms with E-state index in [-0.39, 0.29) is 12.6 Å². The molecule has 0 aromatic heterocycles. The van der Waals surface area contributed by atoms with Crippen molar-refractivity contribution in [1.82, 2.24) is 0 Å². The number of rotatable bonds is 7. The Labute approximate surface area is 78.1 Å². The van der Waals surface area contributed by atoms with E-state index in [1.165, 1.54) is 0 Å². The van der Waals surface area contributed by atoms with Gasteiger partial charge in [0.2, 0.25) is 0 Å². The van der Waals surface area contributed by atoms with Crippen LogP contribution < -0.4 is 0 Å². The fourth-order valence-corrected chi connectivity index (χ4v) is 0.934. The molecule has 0 radical (unpaired) electrons. The topological polar surface area (TPSA) is 35.0 Å². The van der Waals surface area contributed by atoms with E-state index in [4.69, 9.17) is 13.1 Å². The molecule has 0 aliphatic heterocycles. The van der Waals surface area contributed by atoms with Gasteiger partial charge in [0.05, 0.1) is 0 Å². The Morgan fingerprint density at radius 2 is 2.15 bits per heavy atom. The van der Waals surface area contributed by atoms with Crippen LogP contribution >= 0.6 is 0 Å². The number of hydrogen-bond acceptors (Lipinski definition) is 2. The highest BCUT2D eigenvalue weighted by atomic mass is 16.5. The van der Waals surface area contributed by atoms with E-state index in [0.29, 0.717) is 13.0 Å². The highest BCUT2D eigenvalue weighted by Crippen LogP contribution is 2.05. The highest BCUT2D eigenvalue weighted by Gasteiger charge is 2.16. The van der Waals surface area contributed by atoms with Crippen LogP contribution in [0.2, 0.25) is 0 Å². The monoisotopic (exact) mass is 182 g/mol. The molecular formula is C9H14N2O2+2. The number of unbranched alkanes of at least 4 members (excludes halogenated alkanes) is 1. The lowest BCUT2D eigenvalue weighted by atomic mass is 10.1. The van der Waals surface area contributed by atoms with Gasteiger partial charge in [-0.15, -0.1) is 0 Å². The van der Waals surface area contributed by atoms with Crippen LogP contribution in [-0.2, 0) is 9.53 Å². The zero-order chi connectivity index (χ0) is 9.94. The van der Waals surface area contributed by atoms with Gasteiger partial charge in [-0.1, -0.05) is 9.69 Å². The van der Waals surface area contributed by atoms with Crippen LogP contribution in [0, 0.1) is 13.1 Å². The van der Waals surface area contributed by atoms with Gasteiger partial charge >= 0.3 is 6.04 Å². The Morgan fingerprint density at radius 3 is 2.69 bits per heavy atom. The zero-order valence-electron chi connectivity index (χ0n) is 7.56. The first-order valence-electron chi connectivity index (χ1n) is 4.17. The molecule has 0 aromatic rings. The molecule has 0 saturated carbocycles. The molecule has 1 unspecified atom stereocenters. The summed E-state index contributed by atoms with van der Waals surface area (Å²) < 4.78 is 4.54. The Morgan fingerprint density at radius 1 is 1.38 bits per heavy atom. The van der Waals surface area contributed by atoms with E-state index in [1.54, 1.807) is 0 Å². The van der Waals surface area contributed by atoms with Crippen molar-refractivity contribution in [2.24, 2.45) is 0 Å². The van der Waals surface area contributed by atoms with Crippen LogP contribution in [0.3, 0.4) is 0 Å². The van der Waals surface area contributed by atoms with Gasteiger partial charge in [0.15, 0.2) is 6.61 Å². The molecular weight excluding hydrogens is 168 g/mol. The minimum Gasteiger partial charge on any atom is -0.459 e. The second-order valence-corrected chi connectivity index (χ2v) is 2.63. The maximum Gasteiger partial charge on any atom is 0.305 e. The lowest BCUT2D eigenvalue weighted by Gasteiger charge is -1.97. The maximum atomic E-state index is 9.87. The molecule has 0 bridgehead atoms. The lowest BCUT2D eigenvalue weighted by molar-refractivity contribution is -0.128. The molecule has 0 aliphatic rings. The van der Waals surface area contributed by atoms with Crippen LogP contribution in [0.15, 0.2) is 0 Å². The molecule has 0 rings (SSSR count). The average Bonchev–Trinajstić information content (AvgIpc) is 2.17. The average molecular weight is 182 g/mol. The third-order valence-corrected chi connectivity index (χ3v) is 1.64. The summed E-state index contributed by atoms with van der Waals surface area (Å²) in [7, 11) is 0. The Balaban J connectivity index is 3.44. The van der Waals surface area contributed by atoms with Crippen molar-refractivity contribution in [3.8, 4) is 13.1 Å². The molecule has 70 valence electrons. The van der Waals surface area contributed by atoms with Gasteiger partial charge in [0.25, 0.3) is 26.2 Å². The van der Waals surface area contributed by atoms with E-state index in [0.717, 1.165) is 19.3 Å². The van der Waals surface area contributed by atoms with Gasteiger partial charge in [-0.05, 0) is 6.42 Å². The largest absolute Gasteiger partial charge is 0.459 e. The molecule has 0 saturated heterocycles. The molecule has 0 heterocycles. The summed E-state index contributed by atoms with van der Waals surface area (Å²) in [6, 6.07) is -0.108. The molecule has 0 amide bonds. The summed E-state index contributed by atoms with van der Waals surface area (Å²) in [5.41, 5.74) is 0. The van der Waals surface area contributed by atoms with Gasteiger partial charge in [0, 0.05) is 12.8 Å². The zero-order valence-corrected chi connectivity index (χ0v) is 7.56. The number of carbonyl (C=O) groups is 1. The van der Waals surface area contributed by atoms with Crippen molar-refractivity contribution in [2.45, 2.75) is 25.3 Å². The quantitative estimate of drug-likeness (QED) is 0.443. The minimum absolute atomic E-state index is 0.108. The van der Waals surface area contributed by atoms with Crippen LogP contribution in [0.1, 0.15) is 19.3 Å². The van der Waals surface area contributed by atoms with Crippen molar-refractivity contribution in [2.75, 3.05) is 13.2 Å². The SMILES string of the molecule is C#[N+]CCCCC(COC=O)[N+]#C. The predicted molar refractivity (Wildman–Crippen MR) is 51.1 cm³/mol. The smallest absolute Gasteiger partial charge is 0.305 e. The van der Waals surface area contributed by atoms with Crippen molar-refractivity contribution >= 4 is 6.47 Å². The van der Waals surface area contributed by atoms with Crippen LogP contribution in [0.4, 0.5) is 0 Å². The summed E-state index contributed by atoms with van der Waals surface area (Å²) in [5, 5.41) is 0. The third-order valence-electron chi connectivity index (χ3n) is 1.64. The minimum atomic E-state index is -0.108. The summed E-state index contributed by atoms with van der Waals surface area (Å²) in [6.45, 7) is 11.4. The molecule has 1 atom stereocenters. The fourth-order valence-electron chi connectivity index (χ4n) is 0.934. The van der Waals surface area contributed by atoms with Crippen molar-refractivity contribution in [1.29, 1.82) is 0 Å². The molecule has 0 spiro atoms. The summed E-state index contributed by atoms with van der Waals surface area (Å²) >= 11 is 0. The van der Waals surface area contributed by atoms with Gasteiger partial charge in [-0.3, -0.25) is 4.79 Å². The number of nitrogens with zero attached hydrogens (tertiary/aromatic N) is 2. The number of hydrogen-bond donors (Lipinski definition) is 0. The van der Waals surface area contributed by atoms with Gasteiger partial charge < -0.3 is 4.74 Å². The van der Waals surface area contributed by atoms with Crippen molar-refractivity contribution in [3.63, 3.8) is 0 Å². The molecule has 13 heavy (non-hydrogen) atoms. The van der Waals surface area contributed by atoms with E-state index >= 15 is 0 Å². The van der Waals surface area contributed by atoms with E-state index < -0.39 is 0 Å². The van der Waals surface area contributed by atoms with Gasteiger partial charge in [-0.2, -0.15) is 0 Å².